The van der Waals surface area contributed by atoms with Gasteiger partial charge < -0.3 is 15.2 Å². The fourth-order valence-electron chi connectivity index (χ4n) is 1.97. The summed E-state index contributed by atoms with van der Waals surface area (Å²) in [6, 6.07) is 9.58. The lowest BCUT2D eigenvalue weighted by atomic mass is 10.2. The first-order valence-electron chi connectivity index (χ1n) is 6.43. The molecule has 118 valence electrons. The Hall–Kier alpha value is -1.86. The smallest absolute Gasteiger partial charge is 0.345 e. The highest BCUT2D eigenvalue weighted by molar-refractivity contribution is 7.99. The summed E-state index contributed by atoms with van der Waals surface area (Å²) in [4.78, 5) is 15.9. The van der Waals surface area contributed by atoms with Crippen LogP contribution in [-0.2, 0) is 16.1 Å². The first-order valence-corrected chi connectivity index (χ1v) is 8.05. The number of nitrogens with one attached hydrogen (secondary N) is 1. The Morgan fingerprint density at radius 1 is 1.50 bits per heavy atom. The van der Waals surface area contributed by atoms with Crippen molar-refractivity contribution in [3.8, 4) is 0 Å². The molecule has 1 aliphatic heterocycles. The van der Waals surface area contributed by atoms with Crippen molar-refractivity contribution in [1.82, 2.24) is 9.74 Å². The summed E-state index contributed by atoms with van der Waals surface area (Å²) in [5.41, 5.74) is 0.530. The van der Waals surface area contributed by atoms with Crippen LogP contribution in [-0.4, -0.2) is 40.2 Å². The molecule has 0 spiro atoms. The Morgan fingerprint density at radius 2 is 2.18 bits per heavy atom. The fraction of sp³-hybridized carbons (Fsp3) is 0.286. The molecular formula is C14H16ClN3O3S. The molecule has 0 fully saturated rings. The standard InChI is InChI=1S/C14H16ClN3O3S/c1-21-12-10(13(19)20)11(17-14(22-2)18(12)15)16-8-9-6-4-3-5-7-9/h3-7,14H,8H2,1-2H3,(H,16,17)(H,19,20). The van der Waals surface area contributed by atoms with Crippen LogP contribution < -0.4 is 5.32 Å². The monoisotopic (exact) mass is 341 g/mol. The molecule has 0 aromatic heterocycles. The van der Waals surface area contributed by atoms with Gasteiger partial charge in [0.05, 0.1) is 13.7 Å². The zero-order valence-corrected chi connectivity index (χ0v) is 13.7. The van der Waals surface area contributed by atoms with Gasteiger partial charge in [-0.3, -0.25) is 4.99 Å². The first kappa shape index (κ1) is 16.5. The number of aliphatic carboxylic acids is 1. The molecule has 0 saturated carbocycles. The lowest BCUT2D eigenvalue weighted by molar-refractivity contribution is -0.132. The van der Waals surface area contributed by atoms with Crippen LogP contribution in [0.2, 0.25) is 0 Å². The molecule has 1 aliphatic rings. The van der Waals surface area contributed by atoms with Crippen molar-refractivity contribution in [3.63, 3.8) is 0 Å². The minimum Gasteiger partial charge on any atom is -0.481 e. The fourth-order valence-corrected chi connectivity index (χ4v) is 2.92. The van der Waals surface area contributed by atoms with Gasteiger partial charge in [-0.15, -0.1) is 11.8 Å². The molecule has 0 saturated heterocycles. The molecule has 0 bridgehead atoms. The van der Waals surface area contributed by atoms with Gasteiger partial charge in [0.2, 0.25) is 5.88 Å². The number of carboxylic acids is 1. The Bertz CT molecular complexity index is 607. The Balaban J connectivity index is 2.38. The normalized spacial score (nSPS) is 20.0. The van der Waals surface area contributed by atoms with E-state index in [-0.39, 0.29) is 22.8 Å². The van der Waals surface area contributed by atoms with Gasteiger partial charge in [0.25, 0.3) is 0 Å². The quantitative estimate of drug-likeness (QED) is 0.800. The van der Waals surface area contributed by atoms with E-state index in [9.17, 15) is 9.90 Å². The van der Waals surface area contributed by atoms with Gasteiger partial charge >= 0.3 is 5.97 Å². The van der Waals surface area contributed by atoms with Gasteiger partial charge in [-0.25, -0.2) is 9.21 Å². The summed E-state index contributed by atoms with van der Waals surface area (Å²) in [6.45, 7) is 0.361. The van der Waals surface area contributed by atoms with Crippen LogP contribution in [0.4, 0.5) is 0 Å². The number of carboxylic acid groups (broad SMARTS) is 1. The highest BCUT2D eigenvalue weighted by atomic mass is 35.5. The number of amidine groups is 1. The molecule has 2 N–H and O–H groups in total. The zero-order valence-electron chi connectivity index (χ0n) is 12.1. The first-order chi connectivity index (χ1) is 10.6. The second kappa shape index (κ2) is 7.42. The van der Waals surface area contributed by atoms with E-state index in [1.54, 1.807) is 0 Å². The predicted molar refractivity (Wildman–Crippen MR) is 87.4 cm³/mol. The van der Waals surface area contributed by atoms with E-state index < -0.39 is 5.97 Å². The molecule has 0 radical (unpaired) electrons. The summed E-state index contributed by atoms with van der Waals surface area (Å²) in [7, 11) is 1.38. The highest BCUT2D eigenvalue weighted by Gasteiger charge is 2.35. The summed E-state index contributed by atoms with van der Waals surface area (Å²) < 4.78 is 6.37. The van der Waals surface area contributed by atoms with Gasteiger partial charge in [0.15, 0.2) is 11.1 Å². The SMILES string of the molecule is COC1=C(C(=O)O)C(=NCc2ccccc2)NC(SC)N1Cl. The number of carbonyl (C=O) groups is 1. The average Bonchev–Trinajstić information content (AvgIpc) is 2.53. The van der Waals surface area contributed by atoms with E-state index in [0.717, 1.165) is 5.56 Å². The molecule has 1 aromatic carbocycles. The van der Waals surface area contributed by atoms with Gasteiger partial charge in [-0.05, 0) is 11.8 Å². The van der Waals surface area contributed by atoms with E-state index >= 15 is 0 Å². The third kappa shape index (κ3) is 3.48. The Morgan fingerprint density at radius 3 is 2.73 bits per heavy atom. The number of rotatable bonds is 5. The van der Waals surface area contributed by atoms with Crippen molar-refractivity contribution in [2.45, 2.75) is 12.0 Å². The second-order valence-electron chi connectivity index (χ2n) is 4.38. The van der Waals surface area contributed by atoms with Crippen LogP contribution in [0.15, 0.2) is 46.8 Å². The van der Waals surface area contributed by atoms with E-state index in [1.165, 1.54) is 23.3 Å². The molecule has 8 heteroatoms. The number of benzene rings is 1. The van der Waals surface area contributed by atoms with Crippen LogP contribution in [0.5, 0.6) is 0 Å². The van der Waals surface area contributed by atoms with Crippen LogP contribution in [0, 0.1) is 0 Å². The predicted octanol–water partition coefficient (Wildman–Crippen LogP) is 2.23. The van der Waals surface area contributed by atoms with Crippen LogP contribution >= 0.6 is 23.5 Å². The molecule has 1 atom stereocenters. The van der Waals surface area contributed by atoms with E-state index in [2.05, 4.69) is 10.3 Å². The minimum absolute atomic E-state index is 0.0686. The number of nitrogens with zero attached hydrogens (tertiary/aromatic N) is 2. The van der Waals surface area contributed by atoms with Gasteiger partial charge in [-0.2, -0.15) is 0 Å². The Labute approximate surface area is 137 Å². The molecule has 0 amide bonds. The maximum absolute atomic E-state index is 11.5. The maximum Gasteiger partial charge on any atom is 0.345 e. The van der Waals surface area contributed by atoms with Crippen LogP contribution in [0.3, 0.4) is 0 Å². The van der Waals surface area contributed by atoms with Crippen LogP contribution in [0.1, 0.15) is 5.56 Å². The largest absolute Gasteiger partial charge is 0.481 e. The lowest BCUT2D eigenvalue weighted by Gasteiger charge is -2.33. The number of ether oxygens (including phenoxy) is 1. The topological polar surface area (TPSA) is 74.2 Å². The number of halogens is 1. The summed E-state index contributed by atoms with van der Waals surface area (Å²) in [5.74, 6) is -0.829. The van der Waals surface area contributed by atoms with E-state index in [1.807, 2.05) is 36.6 Å². The molecule has 1 unspecified atom stereocenters. The highest BCUT2D eigenvalue weighted by Crippen LogP contribution is 2.27. The summed E-state index contributed by atoms with van der Waals surface area (Å²) in [5, 5.41) is 12.4. The zero-order chi connectivity index (χ0) is 16.1. The van der Waals surface area contributed by atoms with Crippen molar-refractivity contribution in [2.24, 2.45) is 4.99 Å². The third-order valence-electron chi connectivity index (χ3n) is 3.00. The van der Waals surface area contributed by atoms with Crippen molar-refractivity contribution in [2.75, 3.05) is 13.4 Å². The minimum atomic E-state index is -1.15. The Kier molecular flexibility index (Phi) is 5.57. The van der Waals surface area contributed by atoms with Crippen molar-refractivity contribution < 1.29 is 14.6 Å². The van der Waals surface area contributed by atoms with Gasteiger partial charge in [-0.1, -0.05) is 30.3 Å². The lowest BCUT2D eigenvalue weighted by Crippen LogP contribution is -2.49. The van der Waals surface area contributed by atoms with Crippen LogP contribution in [0.25, 0.3) is 0 Å². The molecule has 1 heterocycles. The number of methoxy groups -OCH3 is 1. The number of hydrogen-bond donors (Lipinski definition) is 2. The third-order valence-corrected chi connectivity index (χ3v) is 4.24. The number of thioether (sulfide) groups is 1. The van der Waals surface area contributed by atoms with Crippen molar-refractivity contribution >= 4 is 35.3 Å². The summed E-state index contributed by atoms with van der Waals surface area (Å²) in [6.07, 6.45) is 1.85. The molecular weight excluding hydrogens is 326 g/mol. The molecule has 2 rings (SSSR count). The molecule has 22 heavy (non-hydrogen) atoms. The van der Waals surface area contributed by atoms with Gasteiger partial charge in [0.1, 0.15) is 5.84 Å². The molecule has 1 aromatic rings. The number of hydrogen-bond acceptors (Lipinski definition) is 5. The van der Waals surface area contributed by atoms with Gasteiger partial charge in [0, 0.05) is 11.8 Å². The average molecular weight is 342 g/mol. The maximum atomic E-state index is 11.5. The second-order valence-corrected chi connectivity index (χ2v) is 5.67. The summed E-state index contributed by atoms with van der Waals surface area (Å²) >= 11 is 7.53. The number of aliphatic imine (C=N–C) groups is 1. The van der Waals surface area contributed by atoms with E-state index in [0.29, 0.717) is 6.54 Å². The van der Waals surface area contributed by atoms with Crippen molar-refractivity contribution in [1.29, 1.82) is 0 Å². The van der Waals surface area contributed by atoms with Crippen molar-refractivity contribution in [3.05, 3.63) is 47.4 Å². The molecule has 0 aliphatic carbocycles. The molecule has 6 nitrogen and oxygen atoms in total. The van der Waals surface area contributed by atoms with E-state index in [4.69, 9.17) is 16.5 Å².